The van der Waals surface area contributed by atoms with Gasteiger partial charge in [0.15, 0.2) is 0 Å². The smallest absolute Gasteiger partial charge is 0.251 e. The van der Waals surface area contributed by atoms with Crippen molar-refractivity contribution in [2.24, 2.45) is 5.73 Å². The van der Waals surface area contributed by atoms with Crippen molar-refractivity contribution in [1.82, 2.24) is 5.32 Å². The van der Waals surface area contributed by atoms with Gasteiger partial charge in [0.05, 0.1) is 4.99 Å². The highest BCUT2D eigenvalue weighted by Crippen LogP contribution is 2.17. The molecule has 98 valence electrons. The topological polar surface area (TPSA) is 75.3 Å². The maximum atomic E-state index is 12.0. The van der Waals surface area contributed by atoms with E-state index in [1.54, 1.807) is 19.1 Å². The zero-order valence-corrected chi connectivity index (χ0v) is 11.4. The number of amides is 1. The number of hydrogen-bond acceptors (Lipinski definition) is 3. The molecule has 4 N–H and O–H groups in total. The Morgan fingerprint density at radius 3 is 2.72 bits per heavy atom. The van der Waals surface area contributed by atoms with Gasteiger partial charge < -0.3 is 16.2 Å². The van der Waals surface area contributed by atoms with Crippen LogP contribution in [0.4, 0.5) is 0 Å². The zero-order chi connectivity index (χ0) is 13.7. The van der Waals surface area contributed by atoms with Crippen molar-refractivity contribution in [2.45, 2.75) is 32.7 Å². The van der Waals surface area contributed by atoms with Gasteiger partial charge in [-0.15, -0.1) is 0 Å². The van der Waals surface area contributed by atoms with Gasteiger partial charge in [-0.3, -0.25) is 4.79 Å². The lowest BCUT2D eigenvalue weighted by Gasteiger charge is -2.16. The van der Waals surface area contributed by atoms with Crippen molar-refractivity contribution in [3.05, 3.63) is 29.3 Å². The Morgan fingerprint density at radius 2 is 2.22 bits per heavy atom. The molecule has 0 aromatic heterocycles. The molecule has 0 radical (unpaired) electrons. The Morgan fingerprint density at radius 1 is 1.56 bits per heavy atom. The first-order valence-electron chi connectivity index (χ1n) is 5.82. The van der Waals surface area contributed by atoms with Crippen LogP contribution in [-0.4, -0.2) is 22.0 Å². The fourth-order valence-electron chi connectivity index (χ4n) is 1.61. The number of nitrogens with one attached hydrogen (secondary N) is 1. The van der Waals surface area contributed by atoms with Crippen LogP contribution in [0.1, 0.15) is 35.7 Å². The molecule has 0 aliphatic rings. The number of benzene rings is 1. The van der Waals surface area contributed by atoms with Crippen LogP contribution < -0.4 is 11.1 Å². The van der Waals surface area contributed by atoms with Crippen molar-refractivity contribution in [3.63, 3.8) is 0 Å². The summed E-state index contributed by atoms with van der Waals surface area (Å²) in [6.45, 7) is 3.71. The molecule has 1 unspecified atom stereocenters. The number of phenols is 1. The molecule has 1 aromatic rings. The lowest BCUT2D eigenvalue weighted by Crippen LogP contribution is -2.37. The van der Waals surface area contributed by atoms with Crippen LogP contribution in [0.5, 0.6) is 5.75 Å². The highest BCUT2D eigenvalue weighted by atomic mass is 32.1. The Labute approximate surface area is 112 Å². The third-order valence-electron chi connectivity index (χ3n) is 2.73. The summed E-state index contributed by atoms with van der Waals surface area (Å²) in [5.74, 6) is 0.00271. The molecule has 0 aliphatic heterocycles. The summed E-state index contributed by atoms with van der Waals surface area (Å²) in [5.41, 5.74) is 6.67. The molecule has 0 aliphatic carbocycles. The highest BCUT2D eigenvalue weighted by molar-refractivity contribution is 7.80. The quantitative estimate of drug-likeness (QED) is 0.711. The van der Waals surface area contributed by atoms with E-state index in [1.807, 2.05) is 6.92 Å². The number of thiocarbonyl (C=S) groups is 1. The van der Waals surface area contributed by atoms with Gasteiger partial charge in [-0.05, 0) is 37.1 Å². The standard InChI is InChI=1S/C13H18N2O2S/c1-3-10(7-12(14)18)15-13(17)9-4-5-11(16)8(2)6-9/h4-6,10,16H,3,7H2,1-2H3,(H2,14,18)(H,15,17). The Bertz CT molecular complexity index is 460. The molecule has 1 amide bonds. The van der Waals surface area contributed by atoms with Gasteiger partial charge in [-0.1, -0.05) is 19.1 Å². The average molecular weight is 266 g/mol. The zero-order valence-electron chi connectivity index (χ0n) is 10.6. The van der Waals surface area contributed by atoms with Gasteiger partial charge in [-0.25, -0.2) is 0 Å². The maximum Gasteiger partial charge on any atom is 0.251 e. The number of hydrogen-bond donors (Lipinski definition) is 3. The van der Waals surface area contributed by atoms with E-state index in [-0.39, 0.29) is 17.7 Å². The Kier molecular flexibility index (Phi) is 5.09. The normalized spacial score (nSPS) is 11.9. The largest absolute Gasteiger partial charge is 0.508 e. The molecule has 0 spiro atoms. The summed E-state index contributed by atoms with van der Waals surface area (Å²) in [4.78, 5) is 12.4. The van der Waals surface area contributed by atoms with Gasteiger partial charge in [0.2, 0.25) is 0 Å². The van der Waals surface area contributed by atoms with E-state index in [4.69, 9.17) is 18.0 Å². The number of rotatable bonds is 5. The van der Waals surface area contributed by atoms with Crippen LogP contribution in [0.3, 0.4) is 0 Å². The minimum absolute atomic E-state index is 0.0518. The van der Waals surface area contributed by atoms with E-state index in [0.29, 0.717) is 22.5 Å². The van der Waals surface area contributed by atoms with Crippen LogP contribution in [-0.2, 0) is 0 Å². The van der Waals surface area contributed by atoms with E-state index in [9.17, 15) is 9.90 Å². The summed E-state index contributed by atoms with van der Waals surface area (Å²) in [6.07, 6.45) is 1.26. The second-order valence-corrected chi connectivity index (χ2v) is 4.77. The van der Waals surface area contributed by atoms with Crippen LogP contribution in [0.15, 0.2) is 18.2 Å². The number of phenolic OH excluding ortho intramolecular Hbond substituents is 1. The second-order valence-electron chi connectivity index (χ2n) is 4.25. The molecule has 1 aromatic carbocycles. The van der Waals surface area contributed by atoms with Crippen LogP contribution in [0, 0.1) is 6.92 Å². The molecule has 1 rings (SSSR count). The Balaban J connectivity index is 2.74. The first kappa shape index (κ1) is 14.4. The lowest BCUT2D eigenvalue weighted by atomic mass is 10.1. The molecule has 4 nitrogen and oxygen atoms in total. The van der Waals surface area contributed by atoms with E-state index in [2.05, 4.69) is 5.32 Å². The summed E-state index contributed by atoms with van der Waals surface area (Å²) in [6, 6.07) is 4.70. The van der Waals surface area contributed by atoms with E-state index >= 15 is 0 Å². The van der Waals surface area contributed by atoms with Crippen molar-refractivity contribution >= 4 is 23.1 Å². The summed E-state index contributed by atoms with van der Waals surface area (Å²) >= 11 is 4.84. The second kappa shape index (κ2) is 6.35. The van der Waals surface area contributed by atoms with Crippen molar-refractivity contribution in [2.75, 3.05) is 0 Å². The molecule has 5 heteroatoms. The number of aromatic hydroxyl groups is 1. The molecular formula is C13H18N2O2S. The van der Waals surface area contributed by atoms with Gasteiger partial charge >= 0.3 is 0 Å². The van der Waals surface area contributed by atoms with Crippen LogP contribution in [0.25, 0.3) is 0 Å². The van der Waals surface area contributed by atoms with Crippen molar-refractivity contribution in [1.29, 1.82) is 0 Å². The minimum atomic E-state index is -0.179. The number of nitrogens with two attached hydrogens (primary N) is 1. The van der Waals surface area contributed by atoms with E-state index in [1.165, 1.54) is 6.07 Å². The van der Waals surface area contributed by atoms with Crippen molar-refractivity contribution in [3.8, 4) is 5.75 Å². The number of carbonyl (C=O) groups excluding carboxylic acids is 1. The predicted octanol–water partition coefficient (Wildman–Crippen LogP) is 1.89. The average Bonchev–Trinajstić information content (AvgIpc) is 2.31. The minimum Gasteiger partial charge on any atom is -0.508 e. The number of carbonyl (C=O) groups is 1. The van der Waals surface area contributed by atoms with E-state index in [0.717, 1.165) is 6.42 Å². The van der Waals surface area contributed by atoms with Gasteiger partial charge in [0, 0.05) is 18.0 Å². The maximum absolute atomic E-state index is 12.0. The molecule has 0 heterocycles. The van der Waals surface area contributed by atoms with Crippen LogP contribution in [0.2, 0.25) is 0 Å². The summed E-state index contributed by atoms with van der Waals surface area (Å²) in [5, 5.41) is 12.3. The predicted molar refractivity (Wildman–Crippen MR) is 75.8 cm³/mol. The highest BCUT2D eigenvalue weighted by Gasteiger charge is 2.13. The monoisotopic (exact) mass is 266 g/mol. The third kappa shape index (κ3) is 4.00. The molecule has 0 bridgehead atoms. The lowest BCUT2D eigenvalue weighted by molar-refractivity contribution is 0.0937. The fraction of sp³-hybridized carbons (Fsp3) is 0.385. The molecule has 0 fully saturated rings. The molecule has 0 saturated carbocycles. The molecule has 0 saturated heterocycles. The molecular weight excluding hydrogens is 248 g/mol. The van der Waals surface area contributed by atoms with Gasteiger partial charge in [0.1, 0.15) is 5.75 Å². The molecule has 1 atom stereocenters. The van der Waals surface area contributed by atoms with Gasteiger partial charge in [0.25, 0.3) is 5.91 Å². The summed E-state index contributed by atoms with van der Waals surface area (Å²) in [7, 11) is 0. The third-order valence-corrected chi connectivity index (χ3v) is 2.90. The van der Waals surface area contributed by atoms with Crippen molar-refractivity contribution < 1.29 is 9.90 Å². The number of aryl methyl sites for hydroxylation is 1. The summed E-state index contributed by atoms with van der Waals surface area (Å²) < 4.78 is 0. The fourth-order valence-corrected chi connectivity index (χ4v) is 1.81. The Hall–Kier alpha value is -1.62. The van der Waals surface area contributed by atoms with Gasteiger partial charge in [-0.2, -0.15) is 0 Å². The first-order chi connectivity index (χ1) is 8.43. The van der Waals surface area contributed by atoms with E-state index < -0.39 is 0 Å². The SMILES string of the molecule is CCC(CC(N)=S)NC(=O)c1ccc(O)c(C)c1. The molecule has 18 heavy (non-hydrogen) atoms. The van der Waals surface area contributed by atoms with Crippen LogP contribution >= 0.6 is 12.2 Å². The first-order valence-corrected chi connectivity index (χ1v) is 6.23.